The molecule has 0 atom stereocenters. The summed E-state index contributed by atoms with van der Waals surface area (Å²) in [6.07, 6.45) is 3.20. The van der Waals surface area contributed by atoms with Crippen LogP contribution in [0.1, 0.15) is 0 Å². The predicted octanol–water partition coefficient (Wildman–Crippen LogP) is 1.95. The van der Waals surface area contributed by atoms with Gasteiger partial charge in [0.1, 0.15) is 5.03 Å². The number of aromatic nitrogens is 6. The molecule has 1 N–H and O–H groups in total. The molecule has 0 saturated heterocycles. The average Bonchev–Trinajstić information content (AvgIpc) is 2.51. The number of nitrogens with one attached hydrogen (secondary N) is 1. The molecular formula is C12H9N7S. The van der Waals surface area contributed by atoms with Gasteiger partial charge < -0.3 is 5.32 Å². The van der Waals surface area contributed by atoms with Gasteiger partial charge in [-0.05, 0) is 40.4 Å². The Kier molecular flexibility index (Phi) is 3.74. The van der Waals surface area contributed by atoms with Gasteiger partial charge in [-0.2, -0.15) is 0 Å². The SMILES string of the molecule is c1ccc(Nc2cnnnc2Sc2ccnnn2)cc1. The first kappa shape index (κ1) is 12.4. The summed E-state index contributed by atoms with van der Waals surface area (Å²) in [5, 5.41) is 27.2. The molecule has 0 unspecified atom stereocenters. The molecule has 0 aliphatic heterocycles. The third-order valence-corrected chi connectivity index (χ3v) is 3.26. The minimum Gasteiger partial charge on any atom is -0.352 e. The van der Waals surface area contributed by atoms with E-state index < -0.39 is 0 Å². The van der Waals surface area contributed by atoms with Crippen molar-refractivity contribution < 1.29 is 0 Å². The van der Waals surface area contributed by atoms with Gasteiger partial charge >= 0.3 is 0 Å². The van der Waals surface area contributed by atoms with Gasteiger partial charge in [-0.15, -0.1) is 20.4 Å². The third-order valence-electron chi connectivity index (χ3n) is 2.34. The summed E-state index contributed by atoms with van der Waals surface area (Å²) in [7, 11) is 0. The Morgan fingerprint density at radius 1 is 0.900 bits per heavy atom. The van der Waals surface area contributed by atoms with Crippen LogP contribution >= 0.6 is 11.8 Å². The second kappa shape index (κ2) is 6.02. The van der Waals surface area contributed by atoms with Gasteiger partial charge in [-0.3, -0.25) is 0 Å². The van der Waals surface area contributed by atoms with Crippen molar-refractivity contribution in [2.45, 2.75) is 10.1 Å². The lowest BCUT2D eigenvalue weighted by molar-refractivity contribution is 0.790. The van der Waals surface area contributed by atoms with Gasteiger partial charge in [0.2, 0.25) is 0 Å². The van der Waals surface area contributed by atoms with E-state index in [-0.39, 0.29) is 0 Å². The highest BCUT2D eigenvalue weighted by Crippen LogP contribution is 2.30. The molecule has 0 amide bonds. The molecule has 98 valence electrons. The van der Waals surface area contributed by atoms with Crippen molar-refractivity contribution in [2.75, 3.05) is 5.32 Å². The van der Waals surface area contributed by atoms with Crippen molar-refractivity contribution in [2.24, 2.45) is 0 Å². The lowest BCUT2D eigenvalue weighted by atomic mass is 10.3. The van der Waals surface area contributed by atoms with Gasteiger partial charge in [0.05, 0.1) is 18.1 Å². The van der Waals surface area contributed by atoms with Gasteiger partial charge in [0, 0.05) is 5.69 Å². The van der Waals surface area contributed by atoms with Crippen molar-refractivity contribution >= 4 is 23.1 Å². The number of para-hydroxylation sites is 1. The van der Waals surface area contributed by atoms with Crippen LogP contribution in [-0.2, 0) is 0 Å². The van der Waals surface area contributed by atoms with Crippen LogP contribution in [0.4, 0.5) is 11.4 Å². The molecule has 2 heterocycles. The van der Waals surface area contributed by atoms with Crippen LogP contribution in [0, 0.1) is 0 Å². The Bertz CT molecular complexity index is 617. The van der Waals surface area contributed by atoms with Crippen LogP contribution in [0.15, 0.2) is 58.8 Å². The third kappa shape index (κ3) is 3.04. The zero-order valence-electron chi connectivity index (χ0n) is 10.2. The van der Waals surface area contributed by atoms with E-state index in [2.05, 4.69) is 36.1 Å². The van der Waals surface area contributed by atoms with E-state index in [1.165, 1.54) is 11.8 Å². The molecule has 1 aromatic carbocycles. The molecular weight excluding hydrogens is 274 g/mol. The minimum absolute atomic E-state index is 0.671. The van der Waals surface area contributed by atoms with E-state index in [4.69, 9.17) is 0 Å². The lowest BCUT2D eigenvalue weighted by Gasteiger charge is -2.08. The molecule has 0 bridgehead atoms. The maximum atomic E-state index is 4.02. The molecule has 0 saturated carbocycles. The Labute approximate surface area is 118 Å². The van der Waals surface area contributed by atoms with Crippen molar-refractivity contribution in [1.82, 2.24) is 30.8 Å². The standard InChI is InChI=1S/C12H9N7S/c1-2-4-9(5-3-1)15-10-8-14-19-17-12(10)20-11-6-7-13-18-16-11/h1-8H,(H,15,19). The zero-order valence-corrected chi connectivity index (χ0v) is 11.0. The molecule has 0 spiro atoms. The predicted molar refractivity (Wildman–Crippen MR) is 73.5 cm³/mol. The summed E-state index contributed by atoms with van der Waals surface area (Å²) in [5.41, 5.74) is 1.71. The van der Waals surface area contributed by atoms with E-state index in [0.29, 0.717) is 10.1 Å². The number of rotatable bonds is 4. The maximum Gasteiger partial charge on any atom is 0.152 e. The zero-order chi connectivity index (χ0) is 13.6. The van der Waals surface area contributed by atoms with Gasteiger partial charge in [0.15, 0.2) is 5.03 Å². The monoisotopic (exact) mass is 283 g/mol. The molecule has 7 nitrogen and oxygen atoms in total. The summed E-state index contributed by atoms with van der Waals surface area (Å²) in [6.45, 7) is 0. The fraction of sp³-hybridized carbons (Fsp3) is 0. The summed E-state index contributed by atoms with van der Waals surface area (Å²) in [4.78, 5) is 0. The van der Waals surface area contributed by atoms with Crippen LogP contribution in [0.2, 0.25) is 0 Å². The Hall–Kier alpha value is -2.61. The van der Waals surface area contributed by atoms with E-state index in [9.17, 15) is 0 Å². The lowest BCUT2D eigenvalue weighted by Crippen LogP contribution is -1.98. The molecule has 3 aromatic rings. The summed E-state index contributed by atoms with van der Waals surface area (Å²) < 4.78 is 0. The van der Waals surface area contributed by atoms with E-state index in [1.807, 2.05) is 30.3 Å². The molecule has 0 fully saturated rings. The van der Waals surface area contributed by atoms with Gasteiger partial charge in [-0.25, -0.2) is 0 Å². The van der Waals surface area contributed by atoms with Crippen molar-refractivity contribution in [3.8, 4) is 0 Å². The number of benzene rings is 1. The molecule has 0 radical (unpaired) electrons. The van der Waals surface area contributed by atoms with E-state index in [1.54, 1.807) is 18.5 Å². The van der Waals surface area contributed by atoms with Crippen LogP contribution in [0.5, 0.6) is 0 Å². The molecule has 20 heavy (non-hydrogen) atoms. The van der Waals surface area contributed by atoms with E-state index in [0.717, 1.165) is 11.4 Å². The highest BCUT2D eigenvalue weighted by atomic mass is 32.2. The highest BCUT2D eigenvalue weighted by Gasteiger charge is 2.08. The molecule has 2 aromatic heterocycles. The quantitative estimate of drug-likeness (QED) is 0.777. The second-order valence-electron chi connectivity index (χ2n) is 3.70. The average molecular weight is 283 g/mol. The maximum absolute atomic E-state index is 4.02. The van der Waals surface area contributed by atoms with Crippen molar-refractivity contribution in [3.63, 3.8) is 0 Å². The van der Waals surface area contributed by atoms with Crippen LogP contribution < -0.4 is 5.32 Å². The number of hydrogen-bond donors (Lipinski definition) is 1. The summed E-state index contributed by atoms with van der Waals surface area (Å²) in [5.74, 6) is 0. The first-order valence-electron chi connectivity index (χ1n) is 5.74. The van der Waals surface area contributed by atoms with Crippen LogP contribution in [-0.4, -0.2) is 30.8 Å². The van der Waals surface area contributed by atoms with Crippen molar-refractivity contribution in [3.05, 3.63) is 48.8 Å². The number of anilines is 2. The normalized spacial score (nSPS) is 10.2. The Balaban J connectivity index is 1.85. The Morgan fingerprint density at radius 2 is 1.75 bits per heavy atom. The summed E-state index contributed by atoms with van der Waals surface area (Å²) >= 11 is 1.34. The van der Waals surface area contributed by atoms with Crippen LogP contribution in [0.3, 0.4) is 0 Å². The fourth-order valence-electron chi connectivity index (χ4n) is 1.48. The van der Waals surface area contributed by atoms with Gasteiger partial charge in [-0.1, -0.05) is 18.2 Å². The topological polar surface area (TPSA) is 89.4 Å². The second-order valence-corrected chi connectivity index (χ2v) is 4.71. The molecule has 0 aliphatic rings. The fourth-order valence-corrected chi connectivity index (χ4v) is 2.18. The number of nitrogens with zero attached hydrogens (tertiary/aromatic N) is 6. The highest BCUT2D eigenvalue weighted by molar-refractivity contribution is 7.99. The first-order valence-corrected chi connectivity index (χ1v) is 6.56. The first-order chi connectivity index (χ1) is 9.92. The largest absolute Gasteiger partial charge is 0.352 e. The smallest absolute Gasteiger partial charge is 0.152 e. The molecule has 0 aliphatic carbocycles. The molecule has 8 heteroatoms. The summed E-state index contributed by atoms with van der Waals surface area (Å²) in [6, 6.07) is 11.5. The minimum atomic E-state index is 0.671. The van der Waals surface area contributed by atoms with Crippen molar-refractivity contribution in [1.29, 1.82) is 0 Å². The number of hydrogen-bond acceptors (Lipinski definition) is 8. The van der Waals surface area contributed by atoms with E-state index >= 15 is 0 Å². The van der Waals surface area contributed by atoms with Gasteiger partial charge in [0.25, 0.3) is 0 Å². The Morgan fingerprint density at radius 3 is 2.55 bits per heavy atom. The van der Waals surface area contributed by atoms with Crippen LogP contribution in [0.25, 0.3) is 0 Å². The molecule has 3 rings (SSSR count).